The van der Waals surface area contributed by atoms with E-state index in [0.717, 1.165) is 31.0 Å². The van der Waals surface area contributed by atoms with Crippen molar-refractivity contribution >= 4 is 23.5 Å². The lowest BCUT2D eigenvalue weighted by molar-refractivity contribution is -0.142. The topological polar surface area (TPSA) is 90.7 Å². The lowest BCUT2D eigenvalue weighted by Gasteiger charge is -2.34. The van der Waals surface area contributed by atoms with E-state index in [2.05, 4.69) is 29.0 Å². The number of alkyl halides is 3. The molecule has 0 bridgehead atoms. The number of aliphatic carboxylic acids is 1. The fraction of sp³-hybridized carbons (Fsp3) is 0.485. The quantitative estimate of drug-likeness (QED) is 0.249. The van der Waals surface area contributed by atoms with Gasteiger partial charge in [-0.2, -0.15) is 13.2 Å². The molecule has 0 saturated carbocycles. The zero-order chi connectivity index (χ0) is 33.2. The lowest BCUT2D eigenvalue weighted by Crippen LogP contribution is -2.37. The van der Waals surface area contributed by atoms with Gasteiger partial charge in [-0.05, 0) is 55.0 Å². The van der Waals surface area contributed by atoms with E-state index in [0.29, 0.717) is 37.2 Å². The molecule has 3 aromatic rings. The molecule has 2 saturated heterocycles. The summed E-state index contributed by atoms with van der Waals surface area (Å²) >= 11 is 0. The number of hydrogen-bond donors (Lipinski definition) is 2. The number of benzene rings is 2. The third-order valence-corrected chi connectivity index (χ3v) is 9.39. The number of nitrogens with zero attached hydrogens (tertiary/aromatic N) is 4. The van der Waals surface area contributed by atoms with Crippen LogP contribution >= 0.6 is 0 Å². The fourth-order valence-corrected chi connectivity index (χ4v) is 6.80. The van der Waals surface area contributed by atoms with E-state index in [4.69, 9.17) is 0 Å². The minimum absolute atomic E-state index is 0.0858. The molecule has 0 unspecified atom stereocenters. The maximum Gasteiger partial charge on any atom is 0.416 e. The molecular formula is C33H38F5N5O3. The molecule has 248 valence electrons. The number of carbonyl (C=O) groups is 2. The SMILES string of the molecule is CCC(CC)N1C[C@@H](C(=O)Nc2nccn2Cc2ccc(C(F)(F)F)cc2N2CCC(C(=O)O)CC2)[C@H](c2ccc(F)cc2F)C1. The van der Waals surface area contributed by atoms with E-state index in [-0.39, 0.29) is 37.2 Å². The van der Waals surface area contributed by atoms with Crippen molar-refractivity contribution in [1.82, 2.24) is 14.5 Å². The van der Waals surface area contributed by atoms with Crippen LogP contribution in [-0.4, -0.2) is 63.7 Å². The Balaban J connectivity index is 1.39. The Morgan fingerprint density at radius 2 is 1.76 bits per heavy atom. The van der Waals surface area contributed by atoms with Crippen molar-refractivity contribution in [2.24, 2.45) is 11.8 Å². The molecule has 2 atom stereocenters. The Bertz CT molecular complexity index is 1550. The van der Waals surface area contributed by atoms with E-state index >= 15 is 0 Å². The van der Waals surface area contributed by atoms with Gasteiger partial charge >= 0.3 is 12.1 Å². The van der Waals surface area contributed by atoms with Gasteiger partial charge in [0.1, 0.15) is 11.6 Å². The average molecular weight is 648 g/mol. The van der Waals surface area contributed by atoms with Gasteiger partial charge in [-0.15, -0.1) is 0 Å². The van der Waals surface area contributed by atoms with Crippen LogP contribution in [0.2, 0.25) is 0 Å². The van der Waals surface area contributed by atoms with Crippen LogP contribution in [0.15, 0.2) is 48.8 Å². The van der Waals surface area contributed by atoms with Gasteiger partial charge < -0.3 is 14.6 Å². The number of piperidine rings is 1. The third kappa shape index (κ3) is 7.19. The predicted molar refractivity (Wildman–Crippen MR) is 163 cm³/mol. The Labute approximate surface area is 264 Å². The molecule has 2 fully saturated rings. The number of aromatic nitrogens is 2. The Morgan fingerprint density at radius 1 is 1.04 bits per heavy atom. The van der Waals surface area contributed by atoms with Crippen LogP contribution in [0.5, 0.6) is 0 Å². The molecule has 0 radical (unpaired) electrons. The lowest BCUT2D eigenvalue weighted by atomic mass is 9.88. The van der Waals surface area contributed by atoms with Crippen LogP contribution in [0.4, 0.5) is 33.6 Å². The number of nitrogens with one attached hydrogen (secondary N) is 1. The Hall–Kier alpha value is -4.00. The summed E-state index contributed by atoms with van der Waals surface area (Å²) < 4.78 is 71.4. The monoisotopic (exact) mass is 647 g/mol. The Kier molecular flexibility index (Phi) is 9.99. The molecule has 13 heteroatoms. The number of carboxylic acid groups (broad SMARTS) is 1. The van der Waals surface area contributed by atoms with Crippen LogP contribution in [-0.2, 0) is 22.3 Å². The van der Waals surface area contributed by atoms with Gasteiger partial charge in [0.25, 0.3) is 0 Å². The van der Waals surface area contributed by atoms with Crippen molar-refractivity contribution in [3.8, 4) is 0 Å². The normalized spacial score (nSPS) is 19.6. The van der Waals surface area contributed by atoms with Crippen LogP contribution in [0.1, 0.15) is 62.1 Å². The minimum atomic E-state index is -4.56. The number of carbonyl (C=O) groups excluding carboxylic acids is 1. The maximum absolute atomic E-state index is 15.0. The van der Waals surface area contributed by atoms with E-state index in [1.54, 1.807) is 15.7 Å². The number of likely N-dealkylation sites (tertiary alicyclic amines) is 1. The van der Waals surface area contributed by atoms with Crippen LogP contribution in [0.25, 0.3) is 0 Å². The number of rotatable bonds is 10. The highest BCUT2D eigenvalue weighted by Crippen LogP contribution is 2.38. The summed E-state index contributed by atoms with van der Waals surface area (Å²) in [5, 5.41) is 12.2. The van der Waals surface area contributed by atoms with E-state index in [1.165, 1.54) is 24.4 Å². The highest BCUT2D eigenvalue weighted by Gasteiger charge is 2.42. The molecule has 1 aromatic heterocycles. The molecule has 2 aromatic carbocycles. The van der Waals surface area contributed by atoms with Gasteiger partial charge in [0.2, 0.25) is 11.9 Å². The third-order valence-electron chi connectivity index (χ3n) is 9.39. The number of hydrogen-bond acceptors (Lipinski definition) is 5. The summed E-state index contributed by atoms with van der Waals surface area (Å²) in [4.78, 5) is 33.5. The first-order chi connectivity index (χ1) is 21.9. The Morgan fingerprint density at radius 3 is 2.39 bits per heavy atom. The van der Waals surface area contributed by atoms with E-state index in [9.17, 15) is 36.6 Å². The highest BCUT2D eigenvalue weighted by atomic mass is 19.4. The number of imidazole rings is 1. The molecule has 3 heterocycles. The maximum atomic E-state index is 15.0. The van der Waals surface area contributed by atoms with Crippen LogP contribution in [0.3, 0.4) is 0 Å². The fourth-order valence-electron chi connectivity index (χ4n) is 6.80. The number of amides is 1. The van der Waals surface area contributed by atoms with E-state index < -0.39 is 53.0 Å². The van der Waals surface area contributed by atoms with Crippen molar-refractivity contribution < 1.29 is 36.6 Å². The first-order valence-corrected chi connectivity index (χ1v) is 15.6. The smallest absolute Gasteiger partial charge is 0.416 e. The van der Waals surface area contributed by atoms with Crippen molar-refractivity contribution in [2.45, 2.75) is 64.2 Å². The largest absolute Gasteiger partial charge is 0.481 e. The van der Waals surface area contributed by atoms with Gasteiger partial charge in [0.05, 0.1) is 23.9 Å². The summed E-state index contributed by atoms with van der Waals surface area (Å²) in [6.45, 7) is 5.56. The molecule has 0 spiro atoms. The molecule has 2 aliphatic rings. The molecule has 46 heavy (non-hydrogen) atoms. The van der Waals surface area contributed by atoms with Gasteiger partial charge in [-0.1, -0.05) is 26.0 Å². The van der Waals surface area contributed by atoms with Crippen LogP contribution in [0, 0.1) is 23.5 Å². The number of halogens is 5. The highest BCUT2D eigenvalue weighted by molar-refractivity contribution is 5.92. The van der Waals surface area contributed by atoms with Crippen molar-refractivity contribution in [1.29, 1.82) is 0 Å². The summed E-state index contributed by atoms with van der Waals surface area (Å²) in [5.41, 5.74) is 0.336. The summed E-state index contributed by atoms with van der Waals surface area (Å²) in [7, 11) is 0. The zero-order valence-electron chi connectivity index (χ0n) is 25.7. The van der Waals surface area contributed by atoms with Crippen LogP contribution < -0.4 is 10.2 Å². The molecule has 8 nitrogen and oxygen atoms in total. The summed E-state index contributed by atoms with van der Waals surface area (Å²) in [6.07, 6.45) is 0.820. The average Bonchev–Trinajstić information content (AvgIpc) is 3.65. The van der Waals surface area contributed by atoms with Gasteiger partial charge in [-0.25, -0.2) is 13.8 Å². The molecule has 2 aliphatic heterocycles. The molecule has 0 aliphatic carbocycles. The second-order valence-electron chi connectivity index (χ2n) is 12.1. The summed E-state index contributed by atoms with van der Waals surface area (Å²) in [6, 6.07) is 7.06. The molecular weight excluding hydrogens is 609 g/mol. The van der Waals surface area contributed by atoms with Crippen molar-refractivity contribution in [3.63, 3.8) is 0 Å². The minimum Gasteiger partial charge on any atom is -0.481 e. The standard InChI is InChI=1S/C33H38F5N5O3/c1-3-24(4-2)43-18-26(25-8-7-23(34)16-28(25)35)27(19-43)30(44)40-32-39-11-14-42(32)17-21-5-6-22(33(36,37)38)15-29(21)41-12-9-20(10-13-41)31(45)46/h5-8,11,14-16,20,24,26-27H,3-4,9-10,12-13,17-19H2,1-2H3,(H,45,46)(H,39,40,44)/t26-,27+/m0/s1. The summed E-state index contributed by atoms with van der Waals surface area (Å²) in [5.74, 6) is -4.28. The van der Waals surface area contributed by atoms with Crippen molar-refractivity contribution in [2.75, 3.05) is 36.4 Å². The second kappa shape index (κ2) is 13.8. The molecule has 2 N–H and O–H groups in total. The first kappa shape index (κ1) is 33.4. The first-order valence-electron chi connectivity index (χ1n) is 15.6. The second-order valence-corrected chi connectivity index (χ2v) is 12.1. The predicted octanol–water partition coefficient (Wildman–Crippen LogP) is 6.37. The van der Waals surface area contributed by atoms with Gasteiger partial charge in [0, 0.05) is 62.3 Å². The zero-order valence-corrected chi connectivity index (χ0v) is 25.7. The number of carboxylic acids is 1. The van der Waals surface area contributed by atoms with Gasteiger partial charge in [-0.3, -0.25) is 19.8 Å². The number of anilines is 2. The molecule has 5 rings (SSSR count). The van der Waals surface area contributed by atoms with Crippen molar-refractivity contribution in [3.05, 3.63) is 77.1 Å². The molecule has 1 amide bonds. The van der Waals surface area contributed by atoms with E-state index in [1.807, 2.05) is 0 Å². The van der Waals surface area contributed by atoms with Gasteiger partial charge in [0.15, 0.2) is 0 Å².